The largest absolute Gasteiger partial charge is 0.301 e. The Balaban J connectivity index is 1.64. The number of carbonyl (C=O) groups excluding carboxylic acids is 1. The van der Waals surface area contributed by atoms with E-state index >= 15 is 0 Å². The van der Waals surface area contributed by atoms with Crippen LogP contribution in [0.4, 0.5) is 5.13 Å². The van der Waals surface area contributed by atoms with Crippen LogP contribution in [-0.4, -0.2) is 30.8 Å². The fourth-order valence-corrected chi connectivity index (χ4v) is 6.15. The van der Waals surface area contributed by atoms with Gasteiger partial charge in [0.05, 0.1) is 11.4 Å². The summed E-state index contributed by atoms with van der Waals surface area (Å²) in [6.45, 7) is 4.08. The van der Waals surface area contributed by atoms with Crippen molar-refractivity contribution in [3.63, 3.8) is 0 Å². The first-order valence-corrected chi connectivity index (χ1v) is 13.6. The van der Waals surface area contributed by atoms with Gasteiger partial charge in [-0.1, -0.05) is 47.4 Å². The van der Waals surface area contributed by atoms with E-state index in [-0.39, 0.29) is 17.2 Å². The number of anilines is 1. The Morgan fingerprint density at radius 2 is 1.89 bits per heavy atom. The molecule has 0 bridgehead atoms. The summed E-state index contributed by atoms with van der Waals surface area (Å²) in [6, 6.07) is 15.3. The monoisotopic (exact) mass is 537 g/mol. The number of nitrogens with one attached hydrogen (secondary N) is 1. The minimum absolute atomic E-state index is 0.0683. The average Bonchev–Trinajstić information content (AvgIpc) is 3.47. The van der Waals surface area contributed by atoms with Crippen LogP contribution in [0.15, 0.2) is 70.1 Å². The molecule has 0 atom stereocenters. The summed E-state index contributed by atoms with van der Waals surface area (Å²) < 4.78 is 4.38. The zero-order valence-electron chi connectivity index (χ0n) is 18.7. The number of aromatic nitrogens is 4. The van der Waals surface area contributed by atoms with Crippen molar-refractivity contribution in [1.29, 1.82) is 0 Å². The van der Waals surface area contributed by atoms with Gasteiger partial charge in [-0.15, -0.1) is 11.3 Å². The first-order valence-electron chi connectivity index (χ1n) is 10.6. The minimum atomic E-state index is -0.227. The van der Waals surface area contributed by atoms with Crippen molar-refractivity contribution in [2.75, 3.05) is 11.1 Å². The number of thiazole rings is 2. The lowest BCUT2D eigenvalue weighted by atomic mass is 10.1. The number of aryl methyl sites for hydroxylation is 2. The second kappa shape index (κ2) is 9.86. The molecule has 11 heteroatoms. The molecule has 5 aromatic rings. The number of thioether (sulfide) groups is 1. The van der Waals surface area contributed by atoms with Crippen LogP contribution in [-0.2, 0) is 4.79 Å². The Morgan fingerprint density at radius 1 is 1.09 bits per heavy atom. The normalized spacial score (nSPS) is 11.1. The van der Waals surface area contributed by atoms with Crippen molar-refractivity contribution >= 4 is 68.0 Å². The molecule has 176 valence electrons. The van der Waals surface area contributed by atoms with E-state index in [0.29, 0.717) is 30.3 Å². The number of fused-ring (bicyclic) bond motifs is 1. The Bertz CT molecular complexity index is 1650. The maximum Gasteiger partial charge on any atom is 0.278 e. The van der Waals surface area contributed by atoms with E-state index in [2.05, 4.69) is 10.3 Å². The number of benzene rings is 2. The van der Waals surface area contributed by atoms with Gasteiger partial charge in [-0.05, 0) is 61.5 Å². The van der Waals surface area contributed by atoms with Gasteiger partial charge in [0.1, 0.15) is 4.70 Å². The molecule has 0 saturated heterocycles. The molecule has 0 fully saturated rings. The van der Waals surface area contributed by atoms with Gasteiger partial charge in [0.15, 0.2) is 19.9 Å². The lowest BCUT2D eigenvalue weighted by Gasteiger charge is -2.13. The van der Waals surface area contributed by atoms with Crippen LogP contribution in [0.3, 0.4) is 0 Å². The Hall–Kier alpha value is -3.12. The number of para-hydroxylation sites is 1. The van der Waals surface area contributed by atoms with Gasteiger partial charge in [-0.25, -0.2) is 9.97 Å². The van der Waals surface area contributed by atoms with Gasteiger partial charge in [0.25, 0.3) is 5.56 Å². The van der Waals surface area contributed by atoms with E-state index in [1.54, 1.807) is 16.1 Å². The van der Waals surface area contributed by atoms with Crippen molar-refractivity contribution < 1.29 is 4.79 Å². The highest BCUT2D eigenvalue weighted by atomic mass is 32.2. The third kappa shape index (κ3) is 4.72. The third-order valence-corrected chi connectivity index (χ3v) is 8.33. The zero-order chi connectivity index (χ0) is 24.5. The standard InChI is InChI=1S/C24H19N5O2S4/c1-14-8-9-17(12-15(14)2)28-20-19(35-24(28)32)21(31)29(16-6-4-3-5-7-16)23(27-20)34-13-18(30)26-22-25-10-11-33-22/h3-12H,13H2,1-2H3,(H,25,26,30). The van der Waals surface area contributed by atoms with Crippen LogP contribution < -0.4 is 10.9 Å². The maximum atomic E-state index is 13.7. The van der Waals surface area contributed by atoms with Crippen molar-refractivity contribution in [3.8, 4) is 11.4 Å². The lowest BCUT2D eigenvalue weighted by molar-refractivity contribution is -0.113. The predicted octanol–water partition coefficient (Wildman–Crippen LogP) is 5.77. The summed E-state index contributed by atoms with van der Waals surface area (Å²) in [4.78, 5) is 35.2. The van der Waals surface area contributed by atoms with Crippen LogP contribution in [0.1, 0.15) is 11.1 Å². The second-order valence-electron chi connectivity index (χ2n) is 7.67. The molecule has 5 rings (SSSR count). The first kappa shape index (κ1) is 23.6. The molecule has 3 aromatic heterocycles. The number of hydrogen-bond acceptors (Lipinski definition) is 8. The smallest absolute Gasteiger partial charge is 0.278 e. The van der Waals surface area contributed by atoms with Crippen LogP contribution in [0.25, 0.3) is 21.7 Å². The zero-order valence-corrected chi connectivity index (χ0v) is 22.0. The van der Waals surface area contributed by atoms with Crippen LogP contribution in [0, 0.1) is 17.8 Å². The fraction of sp³-hybridized carbons (Fsp3) is 0.125. The van der Waals surface area contributed by atoms with Crippen LogP contribution in [0.2, 0.25) is 0 Å². The van der Waals surface area contributed by atoms with Gasteiger partial charge >= 0.3 is 0 Å². The van der Waals surface area contributed by atoms with Gasteiger partial charge in [0.2, 0.25) is 5.91 Å². The highest BCUT2D eigenvalue weighted by molar-refractivity contribution is 7.99. The number of rotatable bonds is 6. The summed E-state index contributed by atoms with van der Waals surface area (Å²) in [5.74, 6) is -0.158. The molecule has 7 nitrogen and oxygen atoms in total. The van der Waals surface area contributed by atoms with Gasteiger partial charge in [0, 0.05) is 17.3 Å². The molecule has 1 N–H and O–H groups in total. The SMILES string of the molecule is Cc1ccc(-n2c(=S)sc3c(=O)n(-c4ccccc4)c(SCC(=O)Nc4nccs4)nc32)cc1C. The molecule has 0 radical (unpaired) electrons. The molecule has 3 heterocycles. The summed E-state index contributed by atoms with van der Waals surface area (Å²) in [6.07, 6.45) is 1.63. The van der Waals surface area contributed by atoms with Crippen molar-refractivity contribution in [2.45, 2.75) is 19.0 Å². The van der Waals surface area contributed by atoms with Gasteiger partial charge in [-0.3, -0.25) is 18.7 Å². The highest BCUT2D eigenvalue weighted by Crippen LogP contribution is 2.28. The van der Waals surface area contributed by atoms with Crippen molar-refractivity contribution in [2.24, 2.45) is 0 Å². The van der Waals surface area contributed by atoms with Crippen molar-refractivity contribution in [1.82, 2.24) is 19.1 Å². The van der Waals surface area contributed by atoms with Gasteiger partial charge in [-0.2, -0.15) is 0 Å². The van der Waals surface area contributed by atoms with E-state index in [1.807, 2.05) is 66.9 Å². The molecule has 0 saturated carbocycles. The highest BCUT2D eigenvalue weighted by Gasteiger charge is 2.20. The minimum Gasteiger partial charge on any atom is -0.301 e. The topological polar surface area (TPSA) is 81.8 Å². The summed E-state index contributed by atoms with van der Waals surface area (Å²) >= 11 is 9.44. The van der Waals surface area contributed by atoms with E-state index in [9.17, 15) is 9.59 Å². The Morgan fingerprint density at radius 3 is 2.60 bits per heavy atom. The van der Waals surface area contributed by atoms with Crippen LogP contribution >= 0.6 is 46.7 Å². The van der Waals surface area contributed by atoms with E-state index in [1.165, 1.54) is 40.0 Å². The summed E-state index contributed by atoms with van der Waals surface area (Å²) in [5.41, 5.74) is 4.08. The molecule has 1 amide bonds. The van der Waals surface area contributed by atoms with Crippen LogP contribution in [0.5, 0.6) is 0 Å². The molecular weight excluding hydrogens is 519 g/mol. The summed E-state index contributed by atoms with van der Waals surface area (Å²) in [5, 5.41) is 5.50. The summed E-state index contributed by atoms with van der Waals surface area (Å²) in [7, 11) is 0. The first-order chi connectivity index (χ1) is 16.9. The average molecular weight is 538 g/mol. The van der Waals surface area contributed by atoms with E-state index in [4.69, 9.17) is 17.2 Å². The van der Waals surface area contributed by atoms with Crippen molar-refractivity contribution in [3.05, 3.63) is 85.5 Å². The third-order valence-electron chi connectivity index (χ3n) is 5.35. The Labute approximate surface area is 218 Å². The molecule has 0 aliphatic rings. The maximum absolute atomic E-state index is 13.7. The molecule has 0 spiro atoms. The fourth-order valence-electron chi connectivity index (χ4n) is 3.50. The Kier molecular flexibility index (Phi) is 6.65. The molecule has 0 unspecified atom stereocenters. The second-order valence-corrected chi connectivity index (χ2v) is 11.2. The molecule has 0 aliphatic heterocycles. The molecule has 0 aliphatic carbocycles. The lowest BCUT2D eigenvalue weighted by Crippen LogP contribution is -2.22. The number of amides is 1. The number of hydrogen-bond donors (Lipinski definition) is 1. The van der Waals surface area contributed by atoms with E-state index in [0.717, 1.165) is 11.3 Å². The number of nitrogens with zero attached hydrogens (tertiary/aromatic N) is 4. The molecular formula is C24H19N5O2S4. The quantitative estimate of drug-likeness (QED) is 0.168. The van der Waals surface area contributed by atoms with Gasteiger partial charge < -0.3 is 5.32 Å². The van der Waals surface area contributed by atoms with E-state index < -0.39 is 0 Å². The predicted molar refractivity (Wildman–Crippen MR) is 146 cm³/mol. The molecule has 2 aromatic carbocycles. The molecule has 35 heavy (non-hydrogen) atoms. The number of carbonyl (C=O) groups is 1.